The predicted octanol–water partition coefficient (Wildman–Crippen LogP) is 2.38. The third kappa shape index (κ3) is 2.95. The van der Waals surface area contributed by atoms with Crippen LogP contribution in [0.25, 0.3) is 10.2 Å². The van der Waals surface area contributed by atoms with Crippen LogP contribution in [0.4, 0.5) is 0 Å². The molecule has 0 saturated heterocycles. The zero-order chi connectivity index (χ0) is 16.6. The fraction of sp³-hybridized carbons (Fsp3) is 0.133. The number of carbonyl (C=O) groups excluding carboxylic acids is 1. The number of nitrogens with zero attached hydrogens (tertiary/aromatic N) is 2. The molecule has 6 nitrogen and oxygen atoms in total. The first kappa shape index (κ1) is 15.6. The van der Waals surface area contributed by atoms with Gasteiger partial charge >= 0.3 is 0 Å². The van der Waals surface area contributed by atoms with Gasteiger partial charge in [0, 0.05) is 13.1 Å². The Hall–Kier alpha value is -2.32. The molecule has 0 atom stereocenters. The van der Waals surface area contributed by atoms with Crippen LogP contribution in [0, 0.1) is 0 Å². The summed E-state index contributed by atoms with van der Waals surface area (Å²) < 4.78 is 1.41. The van der Waals surface area contributed by atoms with Gasteiger partial charge in [0.25, 0.3) is 5.56 Å². The van der Waals surface area contributed by atoms with Crippen LogP contribution >= 0.6 is 23.1 Å². The van der Waals surface area contributed by atoms with E-state index in [0.717, 1.165) is 17.8 Å². The van der Waals surface area contributed by atoms with Crippen molar-refractivity contribution >= 4 is 39.1 Å². The Balaban J connectivity index is 1.84. The summed E-state index contributed by atoms with van der Waals surface area (Å²) in [6.07, 6.45) is 0. The van der Waals surface area contributed by atoms with E-state index in [1.807, 2.05) is 0 Å². The maximum Gasteiger partial charge on any atom is 0.262 e. The van der Waals surface area contributed by atoms with Gasteiger partial charge in [-0.1, -0.05) is 11.8 Å². The van der Waals surface area contributed by atoms with Gasteiger partial charge in [0.15, 0.2) is 10.9 Å². The summed E-state index contributed by atoms with van der Waals surface area (Å²) >= 11 is 2.50. The van der Waals surface area contributed by atoms with Crippen LogP contribution in [0.2, 0.25) is 0 Å². The van der Waals surface area contributed by atoms with E-state index in [4.69, 9.17) is 0 Å². The van der Waals surface area contributed by atoms with Crippen LogP contribution < -0.4 is 5.56 Å². The normalized spacial score (nSPS) is 11.0. The topological polar surface area (TPSA) is 92.4 Å². The highest BCUT2D eigenvalue weighted by Gasteiger charge is 2.15. The number of benzene rings is 1. The van der Waals surface area contributed by atoms with Crippen molar-refractivity contribution in [2.45, 2.75) is 5.16 Å². The Bertz CT molecular complexity index is 962. The Labute approximate surface area is 139 Å². The first-order valence-corrected chi connectivity index (χ1v) is 8.46. The van der Waals surface area contributed by atoms with E-state index in [2.05, 4.69) is 4.98 Å². The van der Waals surface area contributed by atoms with Crippen molar-refractivity contribution in [2.75, 3.05) is 5.75 Å². The van der Waals surface area contributed by atoms with E-state index in [0.29, 0.717) is 15.4 Å². The molecule has 0 aliphatic heterocycles. The molecule has 0 radical (unpaired) electrons. The minimum absolute atomic E-state index is 0.0233. The van der Waals surface area contributed by atoms with Crippen molar-refractivity contribution in [2.24, 2.45) is 7.05 Å². The van der Waals surface area contributed by atoms with Crippen LogP contribution in [-0.2, 0) is 7.05 Å². The van der Waals surface area contributed by atoms with Gasteiger partial charge in [0.1, 0.15) is 16.3 Å². The van der Waals surface area contributed by atoms with Crippen molar-refractivity contribution in [3.05, 3.63) is 45.6 Å². The van der Waals surface area contributed by atoms with Crippen LogP contribution in [0.5, 0.6) is 11.5 Å². The number of ketones is 1. The zero-order valence-electron chi connectivity index (χ0n) is 12.0. The van der Waals surface area contributed by atoms with Gasteiger partial charge in [-0.05, 0) is 23.6 Å². The number of Topliss-reactive ketones (excluding diaryl/α,β-unsaturated/α-hetero) is 1. The molecule has 0 fully saturated rings. The van der Waals surface area contributed by atoms with E-state index >= 15 is 0 Å². The fourth-order valence-corrected chi connectivity index (χ4v) is 3.73. The summed E-state index contributed by atoms with van der Waals surface area (Å²) in [5, 5.41) is 21.8. The number of aromatic nitrogens is 2. The molecule has 3 rings (SSSR count). The van der Waals surface area contributed by atoms with E-state index in [-0.39, 0.29) is 34.2 Å². The average molecular weight is 348 g/mol. The summed E-state index contributed by atoms with van der Waals surface area (Å²) in [4.78, 5) is 29.4. The molecule has 0 saturated carbocycles. The van der Waals surface area contributed by atoms with Crippen LogP contribution in [0.15, 0.2) is 39.6 Å². The SMILES string of the molecule is Cn1c(SCC(=O)c2ccc(O)cc2O)nc2sccc2c1=O. The Morgan fingerprint density at radius 2 is 2.13 bits per heavy atom. The van der Waals surface area contributed by atoms with Gasteiger partial charge in [-0.2, -0.15) is 0 Å². The second-order valence-electron chi connectivity index (χ2n) is 4.81. The van der Waals surface area contributed by atoms with Crippen molar-refractivity contribution in [3.63, 3.8) is 0 Å². The van der Waals surface area contributed by atoms with E-state index in [1.54, 1.807) is 18.5 Å². The van der Waals surface area contributed by atoms with Crippen LogP contribution in [0.1, 0.15) is 10.4 Å². The standard InChI is InChI=1S/C15H12N2O4S2/c1-17-14(21)10-4-5-22-13(10)16-15(17)23-7-12(20)9-3-2-8(18)6-11(9)19/h2-6,18-19H,7H2,1H3. The maximum absolute atomic E-state index is 12.2. The highest BCUT2D eigenvalue weighted by Crippen LogP contribution is 2.26. The van der Waals surface area contributed by atoms with Crippen molar-refractivity contribution < 1.29 is 15.0 Å². The average Bonchev–Trinajstić information content (AvgIpc) is 2.97. The highest BCUT2D eigenvalue weighted by molar-refractivity contribution is 7.99. The molecular formula is C15H12N2O4S2. The molecule has 3 aromatic rings. The van der Waals surface area contributed by atoms with Gasteiger partial charge in [0.2, 0.25) is 0 Å². The van der Waals surface area contributed by atoms with E-state index in [9.17, 15) is 19.8 Å². The maximum atomic E-state index is 12.2. The number of rotatable bonds is 4. The number of thioether (sulfide) groups is 1. The van der Waals surface area contributed by atoms with E-state index in [1.165, 1.54) is 28.0 Å². The molecule has 2 heterocycles. The van der Waals surface area contributed by atoms with Crippen molar-refractivity contribution in [1.82, 2.24) is 9.55 Å². The Morgan fingerprint density at radius 3 is 2.87 bits per heavy atom. The largest absolute Gasteiger partial charge is 0.508 e. The Morgan fingerprint density at radius 1 is 1.35 bits per heavy atom. The lowest BCUT2D eigenvalue weighted by atomic mass is 10.1. The lowest BCUT2D eigenvalue weighted by molar-refractivity contribution is 0.102. The number of hydrogen-bond acceptors (Lipinski definition) is 7. The Kier molecular flexibility index (Phi) is 4.10. The summed E-state index contributed by atoms with van der Waals surface area (Å²) in [5.41, 5.74) is -0.0313. The van der Waals surface area contributed by atoms with Crippen molar-refractivity contribution in [1.29, 1.82) is 0 Å². The molecule has 118 valence electrons. The first-order valence-electron chi connectivity index (χ1n) is 6.59. The monoisotopic (exact) mass is 348 g/mol. The molecule has 0 aliphatic carbocycles. The number of thiophene rings is 1. The summed E-state index contributed by atoms with van der Waals surface area (Å²) in [6, 6.07) is 5.54. The minimum atomic E-state index is -0.312. The molecule has 0 amide bonds. The summed E-state index contributed by atoms with van der Waals surface area (Å²) in [7, 11) is 1.61. The predicted molar refractivity (Wildman–Crippen MR) is 89.7 cm³/mol. The highest BCUT2D eigenvalue weighted by atomic mass is 32.2. The zero-order valence-corrected chi connectivity index (χ0v) is 13.6. The third-order valence-electron chi connectivity index (χ3n) is 3.28. The first-order chi connectivity index (χ1) is 11.0. The third-order valence-corrected chi connectivity index (χ3v) is 5.11. The summed E-state index contributed by atoms with van der Waals surface area (Å²) in [6.45, 7) is 0. The number of phenols is 2. The molecule has 8 heteroatoms. The van der Waals surface area contributed by atoms with E-state index < -0.39 is 0 Å². The van der Waals surface area contributed by atoms with Crippen LogP contribution in [-0.4, -0.2) is 31.3 Å². The van der Waals surface area contributed by atoms with Gasteiger partial charge in [-0.3, -0.25) is 14.2 Å². The van der Waals surface area contributed by atoms with Crippen LogP contribution in [0.3, 0.4) is 0 Å². The van der Waals surface area contributed by atoms with Gasteiger partial charge in [-0.15, -0.1) is 11.3 Å². The molecule has 2 aromatic heterocycles. The lowest BCUT2D eigenvalue weighted by Crippen LogP contribution is -2.19. The molecular weight excluding hydrogens is 336 g/mol. The van der Waals surface area contributed by atoms with Gasteiger partial charge < -0.3 is 10.2 Å². The molecule has 1 aromatic carbocycles. The second kappa shape index (κ2) is 6.05. The lowest BCUT2D eigenvalue weighted by Gasteiger charge is -2.07. The molecule has 0 aliphatic rings. The van der Waals surface area contributed by atoms with Crippen molar-refractivity contribution in [3.8, 4) is 11.5 Å². The minimum Gasteiger partial charge on any atom is -0.508 e. The van der Waals surface area contributed by atoms with Gasteiger partial charge in [-0.25, -0.2) is 4.98 Å². The molecule has 23 heavy (non-hydrogen) atoms. The van der Waals surface area contributed by atoms with Gasteiger partial charge in [0.05, 0.1) is 16.7 Å². The second-order valence-corrected chi connectivity index (χ2v) is 6.65. The molecule has 0 spiro atoms. The number of phenolic OH excluding ortho intramolecular Hbond substituents is 2. The quantitative estimate of drug-likeness (QED) is 0.427. The summed E-state index contributed by atoms with van der Waals surface area (Å²) in [5.74, 6) is -0.673. The molecule has 0 bridgehead atoms. The molecule has 2 N–H and O–H groups in total. The molecule has 0 unspecified atom stereocenters. The number of hydrogen-bond donors (Lipinski definition) is 2. The smallest absolute Gasteiger partial charge is 0.262 e. The number of aromatic hydroxyl groups is 2. The number of carbonyl (C=O) groups is 1. The number of fused-ring (bicyclic) bond motifs is 1. The fourth-order valence-electron chi connectivity index (χ4n) is 2.07.